The van der Waals surface area contributed by atoms with Crippen LogP contribution in [0.15, 0.2) is 77.1 Å². The van der Waals surface area contributed by atoms with Gasteiger partial charge in [0.15, 0.2) is 0 Å². The number of thioether (sulfide) groups is 1. The molecule has 1 amide bonds. The number of anilines is 1. The number of ether oxygens (including phenoxy) is 2. The van der Waals surface area contributed by atoms with Crippen LogP contribution in [0, 0.1) is 11.3 Å². The standard InChI is InChI=1S/C26H21N3O3S2/c1-31-19-10-8-17(9-11-19)23-14-21(24-7-4-12-33-24)22(15-27)26(29-23)34-16-25(30)28-18-5-3-6-20(13-18)32-2/h3-14H,16H2,1-2H3,(H,28,30). The predicted octanol–water partition coefficient (Wildman–Crippen LogP) is 6.10. The summed E-state index contributed by atoms with van der Waals surface area (Å²) in [4.78, 5) is 18.3. The molecular weight excluding hydrogens is 466 g/mol. The molecule has 2 aromatic carbocycles. The first-order valence-corrected chi connectivity index (χ1v) is 12.2. The molecule has 4 aromatic rings. The lowest BCUT2D eigenvalue weighted by Gasteiger charge is -2.12. The van der Waals surface area contributed by atoms with Crippen LogP contribution in [-0.4, -0.2) is 30.9 Å². The van der Waals surface area contributed by atoms with E-state index in [0.29, 0.717) is 22.0 Å². The molecule has 0 spiro atoms. The van der Waals surface area contributed by atoms with Gasteiger partial charge in [-0.3, -0.25) is 4.79 Å². The fraction of sp³-hybridized carbons (Fsp3) is 0.115. The number of hydrogen-bond donors (Lipinski definition) is 1. The number of nitrogens with one attached hydrogen (secondary N) is 1. The maximum atomic E-state index is 12.6. The second-order valence-corrected chi connectivity index (χ2v) is 9.03. The summed E-state index contributed by atoms with van der Waals surface area (Å²) in [5.41, 5.74) is 3.52. The highest BCUT2D eigenvalue weighted by Crippen LogP contribution is 2.36. The Bertz CT molecular complexity index is 1330. The van der Waals surface area contributed by atoms with Gasteiger partial charge in [-0.25, -0.2) is 4.98 Å². The number of aromatic nitrogens is 1. The molecule has 6 nitrogen and oxygen atoms in total. The molecule has 2 aromatic heterocycles. The highest BCUT2D eigenvalue weighted by molar-refractivity contribution is 8.00. The summed E-state index contributed by atoms with van der Waals surface area (Å²) in [6.07, 6.45) is 0. The number of carbonyl (C=O) groups is 1. The van der Waals surface area contributed by atoms with Crippen LogP contribution < -0.4 is 14.8 Å². The molecule has 0 fully saturated rings. The predicted molar refractivity (Wildman–Crippen MR) is 137 cm³/mol. The van der Waals surface area contributed by atoms with Crippen molar-refractivity contribution in [2.75, 3.05) is 25.3 Å². The molecule has 4 rings (SSSR count). The van der Waals surface area contributed by atoms with Gasteiger partial charge >= 0.3 is 0 Å². The summed E-state index contributed by atoms with van der Waals surface area (Å²) < 4.78 is 10.5. The van der Waals surface area contributed by atoms with Gasteiger partial charge in [-0.1, -0.05) is 23.9 Å². The van der Waals surface area contributed by atoms with Gasteiger partial charge in [-0.15, -0.1) is 11.3 Å². The van der Waals surface area contributed by atoms with Crippen molar-refractivity contribution in [1.82, 2.24) is 4.98 Å². The molecule has 0 aliphatic rings. The Morgan fingerprint density at radius 1 is 1.06 bits per heavy atom. The van der Waals surface area contributed by atoms with Gasteiger partial charge < -0.3 is 14.8 Å². The molecule has 0 aliphatic carbocycles. The first-order valence-electron chi connectivity index (χ1n) is 10.3. The molecule has 0 saturated carbocycles. The van der Waals surface area contributed by atoms with Crippen LogP contribution in [-0.2, 0) is 4.79 Å². The van der Waals surface area contributed by atoms with Crippen LogP contribution >= 0.6 is 23.1 Å². The first-order chi connectivity index (χ1) is 16.6. The van der Waals surface area contributed by atoms with Gasteiger partial charge in [0.2, 0.25) is 5.91 Å². The van der Waals surface area contributed by atoms with Gasteiger partial charge in [-0.2, -0.15) is 5.26 Å². The van der Waals surface area contributed by atoms with Gasteiger partial charge in [0.25, 0.3) is 0 Å². The quantitative estimate of drug-likeness (QED) is 0.303. The van der Waals surface area contributed by atoms with E-state index in [1.807, 2.05) is 60.0 Å². The Balaban J connectivity index is 1.64. The fourth-order valence-electron chi connectivity index (χ4n) is 3.30. The molecule has 34 heavy (non-hydrogen) atoms. The zero-order valence-electron chi connectivity index (χ0n) is 18.6. The van der Waals surface area contributed by atoms with Crippen LogP contribution in [0.3, 0.4) is 0 Å². The lowest BCUT2D eigenvalue weighted by molar-refractivity contribution is -0.113. The van der Waals surface area contributed by atoms with E-state index in [2.05, 4.69) is 11.4 Å². The minimum atomic E-state index is -0.198. The third kappa shape index (κ3) is 5.39. The number of nitrogens with zero attached hydrogens (tertiary/aromatic N) is 2. The molecular formula is C26H21N3O3S2. The number of amides is 1. The van der Waals surface area contributed by atoms with E-state index >= 15 is 0 Å². The molecule has 0 unspecified atom stereocenters. The van der Waals surface area contributed by atoms with Gasteiger partial charge in [0.05, 0.1) is 31.2 Å². The van der Waals surface area contributed by atoms with Crippen molar-refractivity contribution in [3.63, 3.8) is 0 Å². The van der Waals surface area contributed by atoms with Crippen LogP contribution in [0.2, 0.25) is 0 Å². The molecule has 0 aliphatic heterocycles. The van der Waals surface area contributed by atoms with Gasteiger partial charge in [0.1, 0.15) is 22.6 Å². The highest BCUT2D eigenvalue weighted by atomic mass is 32.2. The Kier molecular flexibility index (Phi) is 7.48. The van der Waals surface area contributed by atoms with Crippen molar-refractivity contribution < 1.29 is 14.3 Å². The molecule has 0 bridgehead atoms. The Labute approximate surface area is 206 Å². The SMILES string of the molecule is COc1ccc(-c2cc(-c3cccs3)c(C#N)c(SCC(=O)Nc3cccc(OC)c3)n2)cc1. The summed E-state index contributed by atoms with van der Waals surface area (Å²) in [5.74, 6) is 1.32. The molecule has 8 heteroatoms. The Morgan fingerprint density at radius 3 is 2.53 bits per heavy atom. The number of benzene rings is 2. The molecule has 0 atom stereocenters. The van der Waals surface area contributed by atoms with Crippen LogP contribution in [0.1, 0.15) is 5.56 Å². The second-order valence-electron chi connectivity index (χ2n) is 7.12. The lowest BCUT2D eigenvalue weighted by Crippen LogP contribution is -2.14. The normalized spacial score (nSPS) is 10.4. The monoisotopic (exact) mass is 487 g/mol. The summed E-state index contributed by atoms with van der Waals surface area (Å²) in [7, 11) is 3.20. The van der Waals surface area contributed by atoms with Gasteiger partial charge in [0, 0.05) is 27.8 Å². The molecule has 2 heterocycles. The number of pyridine rings is 1. The van der Waals surface area contributed by atoms with Crippen LogP contribution in [0.25, 0.3) is 21.7 Å². The first kappa shape index (κ1) is 23.4. The average molecular weight is 488 g/mol. The molecule has 0 saturated heterocycles. The minimum Gasteiger partial charge on any atom is -0.497 e. The number of hydrogen-bond acceptors (Lipinski definition) is 7. The fourth-order valence-corrected chi connectivity index (χ4v) is 4.85. The van der Waals surface area contributed by atoms with Crippen molar-refractivity contribution >= 4 is 34.7 Å². The van der Waals surface area contributed by atoms with E-state index < -0.39 is 0 Å². The lowest BCUT2D eigenvalue weighted by atomic mass is 10.0. The number of thiophene rings is 1. The van der Waals surface area contributed by atoms with E-state index in [1.165, 1.54) is 11.8 Å². The van der Waals surface area contributed by atoms with Gasteiger partial charge in [-0.05, 0) is 53.9 Å². The largest absolute Gasteiger partial charge is 0.497 e. The van der Waals surface area contributed by atoms with Crippen molar-refractivity contribution in [3.8, 4) is 39.3 Å². The van der Waals surface area contributed by atoms with Crippen molar-refractivity contribution in [2.24, 2.45) is 0 Å². The third-order valence-electron chi connectivity index (χ3n) is 4.96. The summed E-state index contributed by atoms with van der Waals surface area (Å²) in [6.45, 7) is 0. The number of methoxy groups -OCH3 is 2. The van der Waals surface area contributed by atoms with Crippen LogP contribution in [0.5, 0.6) is 11.5 Å². The van der Waals surface area contributed by atoms with Crippen molar-refractivity contribution in [3.05, 3.63) is 77.7 Å². The zero-order chi connectivity index (χ0) is 23.9. The molecule has 170 valence electrons. The van der Waals surface area contributed by atoms with E-state index in [4.69, 9.17) is 14.5 Å². The van der Waals surface area contributed by atoms with E-state index in [-0.39, 0.29) is 11.7 Å². The number of rotatable bonds is 8. The van der Waals surface area contributed by atoms with Crippen molar-refractivity contribution in [2.45, 2.75) is 5.03 Å². The summed E-state index contributed by atoms with van der Waals surface area (Å²) in [5, 5.41) is 15.3. The second kappa shape index (κ2) is 10.9. The minimum absolute atomic E-state index is 0.106. The van der Waals surface area contributed by atoms with Crippen LogP contribution in [0.4, 0.5) is 5.69 Å². The Hall–Kier alpha value is -3.80. The smallest absolute Gasteiger partial charge is 0.234 e. The average Bonchev–Trinajstić information content (AvgIpc) is 3.42. The van der Waals surface area contributed by atoms with E-state index in [9.17, 15) is 10.1 Å². The number of carbonyl (C=O) groups excluding carboxylic acids is 1. The molecule has 0 radical (unpaired) electrons. The van der Waals surface area contributed by atoms with Crippen molar-refractivity contribution in [1.29, 1.82) is 5.26 Å². The topological polar surface area (TPSA) is 84.2 Å². The summed E-state index contributed by atoms with van der Waals surface area (Å²) >= 11 is 2.79. The van der Waals surface area contributed by atoms with E-state index in [1.54, 1.807) is 37.7 Å². The van der Waals surface area contributed by atoms with E-state index in [0.717, 1.165) is 27.4 Å². The Morgan fingerprint density at radius 2 is 1.85 bits per heavy atom. The highest BCUT2D eigenvalue weighted by Gasteiger charge is 2.18. The summed E-state index contributed by atoms with van der Waals surface area (Å²) in [6, 6.07) is 22.9. The maximum absolute atomic E-state index is 12.6. The number of nitriles is 1. The zero-order valence-corrected chi connectivity index (χ0v) is 20.2. The molecule has 1 N–H and O–H groups in total. The maximum Gasteiger partial charge on any atom is 0.234 e. The third-order valence-corrected chi connectivity index (χ3v) is 6.84.